The largest absolute Gasteiger partial charge is 0.399 e. The molecular formula is C24H18ClN4+. The third-order valence-electron chi connectivity index (χ3n) is 4.86. The zero-order valence-electron chi connectivity index (χ0n) is 15.5. The van der Waals surface area contributed by atoms with E-state index in [0.29, 0.717) is 10.7 Å². The molecule has 0 amide bonds. The topological polar surface area (TPSA) is 54.8 Å². The molecule has 29 heavy (non-hydrogen) atoms. The van der Waals surface area contributed by atoms with Gasteiger partial charge in [-0.15, -0.1) is 4.57 Å². The fourth-order valence-electron chi connectivity index (χ4n) is 3.56. The highest BCUT2D eigenvalue weighted by Gasteiger charge is 2.22. The Morgan fingerprint density at radius 2 is 1.59 bits per heavy atom. The van der Waals surface area contributed by atoms with Crippen LogP contribution in [0.5, 0.6) is 0 Å². The van der Waals surface area contributed by atoms with Crippen molar-refractivity contribution in [3.05, 3.63) is 96.0 Å². The first-order valence-electron chi connectivity index (χ1n) is 9.31. The van der Waals surface area contributed by atoms with E-state index in [4.69, 9.17) is 22.3 Å². The van der Waals surface area contributed by atoms with Gasteiger partial charge in [0.2, 0.25) is 11.2 Å². The number of halogens is 1. The molecule has 0 atom stereocenters. The minimum Gasteiger partial charge on any atom is -0.399 e. The molecule has 0 radical (unpaired) electrons. The third-order valence-corrected chi connectivity index (χ3v) is 5.11. The fraction of sp³-hybridized carbons (Fsp3) is 0. The van der Waals surface area contributed by atoms with Crippen molar-refractivity contribution in [3.63, 3.8) is 0 Å². The van der Waals surface area contributed by atoms with Crippen LogP contribution < -0.4 is 15.6 Å². The lowest BCUT2D eigenvalue weighted by Gasteiger charge is -2.11. The van der Waals surface area contributed by atoms with Crippen LogP contribution in [0.3, 0.4) is 0 Å². The number of hydrogen-bond acceptors (Lipinski definition) is 3. The van der Waals surface area contributed by atoms with E-state index in [2.05, 4.69) is 16.0 Å². The summed E-state index contributed by atoms with van der Waals surface area (Å²) >= 11 is 6.15. The lowest BCUT2D eigenvalue weighted by atomic mass is 10.1. The Bertz CT molecular complexity index is 1330. The summed E-state index contributed by atoms with van der Waals surface area (Å²) in [7, 11) is 0. The second kappa shape index (κ2) is 7.08. The number of fused-ring (bicyclic) bond motifs is 2. The molecule has 0 aliphatic rings. The average molecular weight is 398 g/mol. The van der Waals surface area contributed by atoms with E-state index in [0.717, 1.165) is 39.1 Å². The fourth-order valence-corrected chi connectivity index (χ4v) is 3.68. The van der Waals surface area contributed by atoms with Crippen molar-refractivity contribution in [2.75, 3.05) is 11.1 Å². The van der Waals surface area contributed by atoms with Gasteiger partial charge in [-0.2, -0.15) is 0 Å². The van der Waals surface area contributed by atoms with Crippen molar-refractivity contribution in [1.82, 2.24) is 4.98 Å². The predicted molar refractivity (Wildman–Crippen MR) is 120 cm³/mol. The van der Waals surface area contributed by atoms with Gasteiger partial charge in [0.1, 0.15) is 16.7 Å². The number of anilines is 3. The molecule has 0 spiro atoms. The van der Waals surface area contributed by atoms with Crippen molar-refractivity contribution >= 4 is 50.7 Å². The average Bonchev–Trinajstić information content (AvgIpc) is 2.74. The number of para-hydroxylation sites is 2. The molecule has 0 unspecified atom stereocenters. The number of hydrogen-bond donors (Lipinski definition) is 2. The van der Waals surface area contributed by atoms with Crippen LogP contribution in [0, 0.1) is 0 Å². The maximum Gasteiger partial charge on any atom is 0.261 e. The Balaban J connectivity index is 1.87. The summed E-state index contributed by atoms with van der Waals surface area (Å²) < 4.78 is 2.18. The molecule has 4 nitrogen and oxygen atoms in total. The lowest BCUT2D eigenvalue weighted by molar-refractivity contribution is -0.537. The van der Waals surface area contributed by atoms with Gasteiger partial charge in [0.15, 0.2) is 0 Å². The van der Waals surface area contributed by atoms with Crippen molar-refractivity contribution in [1.29, 1.82) is 0 Å². The van der Waals surface area contributed by atoms with E-state index < -0.39 is 0 Å². The van der Waals surface area contributed by atoms with Crippen molar-refractivity contribution in [3.8, 4) is 5.69 Å². The van der Waals surface area contributed by atoms with Crippen LogP contribution in [0.25, 0.3) is 27.8 Å². The van der Waals surface area contributed by atoms with Gasteiger partial charge in [-0.1, -0.05) is 35.9 Å². The quantitative estimate of drug-likeness (QED) is 0.235. The van der Waals surface area contributed by atoms with E-state index in [1.807, 2.05) is 84.9 Å². The maximum atomic E-state index is 6.15. The second-order valence-electron chi connectivity index (χ2n) is 6.84. The molecule has 140 valence electrons. The Labute approximate surface area is 173 Å². The first kappa shape index (κ1) is 17.5. The number of benzene rings is 4. The van der Waals surface area contributed by atoms with Gasteiger partial charge in [0.25, 0.3) is 5.52 Å². The SMILES string of the molecule is Nc1ccc2nc3cccc(Nc4ccccc4)c3[n+](-c3ccc(Cl)cc3)c2c1. The van der Waals surface area contributed by atoms with Crippen LogP contribution in [0.2, 0.25) is 5.02 Å². The van der Waals surface area contributed by atoms with E-state index in [-0.39, 0.29) is 0 Å². The molecule has 5 aromatic rings. The van der Waals surface area contributed by atoms with Gasteiger partial charge < -0.3 is 11.1 Å². The van der Waals surface area contributed by atoms with Gasteiger partial charge in [-0.3, -0.25) is 0 Å². The van der Waals surface area contributed by atoms with Gasteiger partial charge in [0.05, 0.1) is 0 Å². The molecule has 1 aromatic heterocycles. The highest BCUT2D eigenvalue weighted by Crippen LogP contribution is 2.27. The number of nitrogens with zero attached hydrogens (tertiary/aromatic N) is 2. The molecule has 4 aromatic carbocycles. The van der Waals surface area contributed by atoms with Gasteiger partial charge in [-0.25, -0.2) is 4.98 Å². The summed E-state index contributed by atoms with van der Waals surface area (Å²) in [5.41, 5.74) is 13.4. The van der Waals surface area contributed by atoms with Crippen LogP contribution in [0.15, 0.2) is 91.0 Å². The molecule has 5 heteroatoms. The molecule has 5 rings (SSSR count). The zero-order chi connectivity index (χ0) is 19.8. The van der Waals surface area contributed by atoms with Crippen LogP contribution in [0.4, 0.5) is 17.1 Å². The van der Waals surface area contributed by atoms with Gasteiger partial charge >= 0.3 is 0 Å². The van der Waals surface area contributed by atoms with Crippen LogP contribution in [-0.4, -0.2) is 4.98 Å². The predicted octanol–water partition coefficient (Wildman–Crippen LogP) is 5.64. The smallest absolute Gasteiger partial charge is 0.261 e. The van der Waals surface area contributed by atoms with E-state index >= 15 is 0 Å². The number of nitrogens with two attached hydrogens (primary N) is 1. The molecule has 1 heterocycles. The number of rotatable bonds is 3. The Morgan fingerprint density at radius 3 is 2.38 bits per heavy atom. The Morgan fingerprint density at radius 1 is 0.793 bits per heavy atom. The van der Waals surface area contributed by atoms with Gasteiger partial charge in [0, 0.05) is 34.6 Å². The molecule has 3 N–H and O–H groups in total. The van der Waals surface area contributed by atoms with Crippen molar-refractivity contribution < 1.29 is 4.57 Å². The van der Waals surface area contributed by atoms with Crippen LogP contribution >= 0.6 is 11.6 Å². The molecule has 0 aliphatic heterocycles. The molecular weight excluding hydrogens is 380 g/mol. The molecule has 0 aliphatic carbocycles. The second-order valence-corrected chi connectivity index (χ2v) is 7.27. The number of nitrogen functional groups attached to an aromatic ring is 1. The maximum absolute atomic E-state index is 6.15. The molecule has 0 saturated heterocycles. The summed E-state index contributed by atoms with van der Waals surface area (Å²) in [5.74, 6) is 0. The van der Waals surface area contributed by atoms with E-state index in [1.165, 1.54) is 0 Å². The minimum atomic E-state index is 0.690. The highest BCUT2D eigenvalue weighted by atomic mass is 35.5. The zero-order valence-corrected chi connectivity index (χ0v) is 16.3. The van der Waals surface area contributed by atoms with E-state index in [1.54, 1.807) is 0 Å². The monoisotopic (exact) mass is 397 g/mol. The summed E-state index contributed by atoms with van der Waals surface area (Å²) in [6.07, 6.45) is 0. The number of nitrogens with one attached hydrogen (secondary N) is 1. The van der Waals surface area contributed by atoms with Crippen LogP contribution in [-0.2, 0) is 0 Å². The first-order valence-corrected chi connectivity index (χ1v) is 9.69. The van der Waals surface area contributed by atoms with Crippen molar-refractivity contribution in [2.24, 2.45) is 0 Å². The normalized spacial score (nSPS) is 11.1. The molecule has 0 saturated carbocycles. The standard InChI is InChI=1S/C24H17ClN4/c25-16-9-12-19(13-10-16)29-23-15-17(26)11-14-20(23)28-22-8-4-7-21(24(22)29)27-18-5-2-1-3-6-18/h1-15,26-27H/p+1. The lowest BCUT2D eigenvalue weighted by Crippen LogP contribution is -2.34. The Kier molecular flexibility index (Phi) is 4.26. The molecule has 0 fully saturated rings. The third kappa shape index (κ3) is 3.24. The first-order chi connectivity index (χ1) is 14.2. The highest BCUT2D eigenvalue weighted by molar-refractivity contribution is 6.30. The summed E-state index contributed by atoms with van der Waals surface area (Å²) in [6.45, 7) is 0. The minimum absolute atomic E-state index is 0.690. The van der Waals surface area contributed by atoms with Gasteiger partial charge in [-0.05, 0) is 48.5 Å². The summed E-state index contributed by atoms with van der Waals surface area (Å²) in [4.78, 5) is 4.88. The van der Waals surface area contributed by atoms with Crippen molar-refractivity contribution in [2.45, 2.75) is 0 Å². The Hall–Kier alpha value is -3.63. The summed E-state index contributed by atoms with van der Waals surface area (Å²) in [5, 5.41) is 4.22. The number of aromatic nitrogens is 2. The van der Waals surface area contributed by atoms with E-state index in [9.17, 15) is 0 Å². The summed E-state index contributed by atoms with van der Waals surface area (Å²) in [6, 6.07) is 29.8. The van der Waals surface area contributed by atoms with Crippen LogP contribution in [0.1, 0.15) is 0 Å². The molecule has 0 bridgehead atoms.